The first-order valence-corrected chi connectivity index (χ1v) is 16.5. The van der Waals surface area contributed by atoms with Gasteiger partial charge in [0.1, 0.15) is 5.82 Å². The molecule has 2 fully saturated rings. The second-order valence-corrected chi connectivity index (χ2v) is 13.7. The summed E-state index contributed by atoms with van der Waals surface area (Å²) in [4.78, 5) is 2.75. The Morgan fingerprint density at radius 3 is 2.11 bits per heavy atom. The highest BCUT2D eigenvalue weighted by Gasteiger charge is 2.44. The van der Waals surface area contributed by atoms with Crippen molar-refractivity contribution in [3.05, 3.63) is 114 Å². The molecule has 0 spiro atoms. The van der Waals surface area contributed by atoms with Gasteiger partial charge in [0.05, 0.1) is 11.6 Å². The van der Waals surface area contributed by atoms with Crippen LogP contribution in [-0.4, -0.2) is 24.0 Å². The van der Waals surface area contributed by atoms with Gasteiger partial charge in [-0.1, -0.05) is 75.4 Å². The summed E-state index contributed by atoms with van der Waals surface area (Å²) in [7, 11) is 0. The zero-order valence-electron chi connectivity index (χ0n) is 26.4. The SMILES string of the molecule is CC(C)C1CCC(C)C(c2cccc3ccccc23)C1N1CCC(C(Nc2ccc(C(F)(F)F)cc2)c2ccc(F)cc2)CC1. The summed E-state index contributed by atoms with van der Waals surface area (Å²) in [6.07, 6.45) is -0.0108. The van der Waals surface area contributed by atoms with Crippen LogP contribution in [0, 0.1) is 29.5 Å². The Morgan fingerprint density at radius 1 is 0.778 bits per heavy atom. The van der Waals surface area contributed by atoms with Crippen LogP contribution in [0.5, 0.6) is 0 Å². The minimum absolute atomic E-state index is 0.135. The fourth-order valence-corrected chi connectivity index (χ4v) is 8.30. The smallest absolute Gasteiger partial charge is 0.378 e. The van der Waals surface area contributed by atoms with Gasteiger partial charge in [-0.2, -0.15) is 13.2 Å². The molecule has 1 saturated heterocycles. The van der Waals surface area contributed by atoms with Crippen LogP contribution >= 0.6 is 0 Å². The van der Waals surface area contributed by atoms with Gasteiger partial charge in [0.25, 0.3) is 0 Å². The molecule has 1 aliphatic carbocycles. The molecule has 5 atom stereocenters. The standard InChI is InChI=1S/C39H44F4N2/c1-25(2)33-20-11-26(3)36(35-10-6-8-27-7-4-5-9-34(27)35)38(33)45-23-21-29(22-24-45)37(28-12-16-31(40)17-13-28)44-32-18-14-30(15-19-32)39(41,42)43/h4-10,12-19,25-26,29,33,36-38,44H,11,20-24H2,1-3H3. The largest absolute Gasteiger partial charge is 0.416 e. The third kappa shape index (κ3) is 6.77. The number of halogens is 4. The lowest BCUT2D eigenvalue weighted by Gasteiger charge is -2.51. The number of likely N-dealkylation sites (tertiary alicyclic amines) is 1. The van der Waals surface area contributed by atoms with E-state index in [0.717, 1.165) is 43.6 Å². The van der Waals surface area contributed by atoms with Gasteiger partial charge >= 0.3 is 6.18 Å². The zero-order valence-corrected chi connectivity index (χ0v) is 26.4. The van der Waals surface area contributed by atoms with Crippen LogP contribution in [0.3, 0.4) is 0 Å². The number of hydrogen-bond donors (Lipinski definition) is 1. The molecular formula is C39H44F4N2. The lowest BCUT2D eigenvalue weighted by molar-refractivity contribution is -0.137. The zero-order chi connectivity index (χ0) is 31.7. The van der Waals surface area contributed by atoms with Crippen molar-refractivity contribution in [3.8, 4) is 0 Å². The van der Waals surface area contributed by atoms with Crippen LogP contribution in [0.2, 0.25) is 0 Å². The third-order valence-electron chi connectivity index (χ3n) is 10.6. The molecule has 2 aliphatic rings. The third-order valence-corrected chi connectivity index (χ3v) is 10.6. The molecule has 6 rings (SSSR count). The number of nitrogens with one attached hydrogen (secondary N) is 1. The molecule has 0 amide bonds. The summed E-state index contributed by atoms with van der Waals surface area (Å²) in [5.74, 6) is 2.13. The van der Waals surface area contributed by atoms with Crippen molar-refractivity contribution in [2.75, 3.05) is 18.4 Å². The number of nitrogens with zero attached hydrogens (tertiary/aromatic N) is 1. The molecule has 238 valence electrons. The topological polar surface area (TPSA) is 15.3 Å². The summed E-state index contributed by atoms with van der Waals surface area (Å²) in [5, 5.41) is 6.19. The monoisotopic (exact) mass is 616 g/mol. The van der Waals surface area contributed by atoms with E-state index in [1.165, 1.54) is 53.4 Å². The van der Waals surface area contributed by atoms with Crippen LogP contribution < -0.4 is 5.32 Å². The number of anilines is 1. The van der Waals surface area contributed by atoms with Crippen LogP contribution in [0.4, 0.5) is 23.2 Å². The van der Waals surface area contributed by atoms with Gasteiger partial charge < -0.3 is 5.32 Å². The molecule has 5 unspecified atom stereocenters. The van der Waals surface area contributed by atoms with Crippen LogP contribution in [0.25, 0.3) is 10.8 Å². The van der Waals surface area contributed by atoms with Crippen LogP contribution in [-0.2, 0) is 6.18 Å². The van der Waals surface area contributed by atoms with Crippen molar-refractivity contribution >= 4 is 16.5 Å². The van der Waals surface area contributed by atoms with Crippen molar-refractivity contribution in [1.29, 1.82) is 0 Å². The van der Waals surface area contributed by atoms with Gasteiger partial charge in [-0.3, -0.25) is 4.90 Å². The predicted molar refractivity (Wildman–Crippen MR) is 176 cm³/mol. The van der Waals surface area contributed by atoms with Gasteiger partial charge in [0.2, 0.25) is 0 Å². The minimum Gasteiger partial charge on any atom is -0.378 e. The molecule has 4 aromatic carbocycles. The average Bonchev–Trinajstić information content (AvgIpc) is 3.03. The van der Waals surface area contributed by atoms with Crippen molar-refractivity contribution < 1.29 is 17.6 Å². The Balaban J connectivity index is 1.27. The molecule has 1 heterocycles. The molecule has 0 aromatic heterocycles. The minimum atomic E-state index is -4.38. The van der Waals surface area contributed by atoms with E-state index >= 15 is 0 Å². The maximum absolute atomic E-state index is 13.9. The maximum atomic E-state index is 13.9. The van der Waals surface area contributed by atoms with Crippen LogP contribution in [0.1, 0.15) is 75.1 Å². The van der Waals surface area contributed by atoms with Crippen molar-refractivity contribution in [2.24, 2.45) is 23.7 Å². The van der Waals surface area contributed by atoms with Gasteiger partial charge in [0.15, 0.2) is 0 Å². The lowest BCUT2D eigenvalue weighted by Crippen LogP contribution is -2.53. The van der Waals surface area contributed by atoms with E-state index in [4.69, 9.17) is 0 Å². The van der Waals surface area contributed by atoms with E-state index in [-0.39, 0.29) is 17.8 Å². The van der Waals surface area contributed by atoms with Crippen molar-refractivity contribution in [3.63, 3.8) is 0 Å². The molecule has 45 heavy (non-hydrogen) atoms. The van der Waals surface area contributed by atoms with E-state index in [9.17, 15) is 17.6 Å². The Hall–Kier alpha value is -3.38. The number of fused-ring (bicyclic) bond motifs is 1. The molecule has 0 radical (unpaired) electrons. The number of piperidine rings is 1. The first-order valence-electron chi connectivity index (χ1n) is 16.5. The molecule has 1 N–H and O–H groups in total. The molecule has 4 aromatic rings. The Bertz CT molecular complexity index is 1550. The van der Waals surface area contributed by atoms with E-state index in [1.807, 2.05) is 0 Å². The molecular weight excluding hydrogens is 572 g/mol. The maximum Gasteiger partial charge on any atom is 0.416 e. The first-order chi connectivity index (χ1) is 21.6. The highest BCUT2D eigenvalue weighted by Crippen LogP contribution is 2.48. The number of alkyl halides is 3. The summed E-state index contributed by atoms with van der Waals surface area (Å²) in [6.45, 7) is 9.09. The number of benzene rings is 4. The molecule has 0 bridgehead atoms. The lowest BCUT2D eigenvalue weighted by atomic mass is 9.64. The Kier molecular flexibility index (Phi) is 9.24. The normalized spacial score (nSPS) is 24.2. The van der Waals surface area contributed by atoms with Crippen molar-refractivity contribution in [1.82, 2.24) is 4.90 Å². The molecule has 2 nitrogen and oxygen atoms in total. The fourth-order valence-electron chi connectivity index (χ4n) is 8.30. The van der Waals surface area contributed by atoms with E-state index in [1.54, 1.807) is 12.1 Å². The Labute approximate surface area is 264 Å². The van der Waals surface area contributed by atoms with Gasteiger partial charge in [-0.25, -0.2) is 4.39 Å². The number of hydrogen-bond acceptors (Lipinski definition) is 2. The van der Waals surface area contributed by atoms with E-state index < -0.39 is 11.7 Å². The first kappa shape index (κ1) is 31.6. The summed E-state index contributed by atoms with van der Waals surface area (Å²) in [5.41, 5.74) is 2.39. The Morgan fingerprint density at radius 2 is 1.44 bits per heavy atom. The summed E-state index contributed by atoms with van der Waals surface area (Å²) >= 11 is 0. The summed E-state index contributed by atoms with van der Waals surface area (Å²) < 4.78 is 53.6. The van der Waals surface area contributed by atoms with Gasteiger partial charge in [-0.15, -0.1) is 0 Å². The average molecular weight is 617 g/mol. The van der Waals surface area contributed by atoms with Gasteiger partial charge in [0, 0.05) is 17.6 Å². The fraction of sp³-hybridized carbons (Fsp3) is 0.436. The molecule has 6 heteroatoms. The van der Waals surface area contributed by atoms with Crippen LogP contribution in [0.15, 0.2) is 91.0 Å². The quantitative estimate of drug-likeness (QED) is 0.208. The summed E-state index contributed by atoms with van der Waals surface area (Å²) in [6, 6.07) is 27.6. The molecule has 1 saturated carbocycles. The highest BCUT2D eigenvalue weighted by molar-refractivity contribution is 5.86. The van der Waals surface area contributed by atoms with Gasteiger partial charge in [-0.05, 0) is 121 Å². The highest BCUT2D eigenvalue weighted by atomic mass is 19.4. The number of rotatable bonds is 7. The van der Waals surface area contributed by atoms with E-state index in [0.29, 0.717) is 35.4 Å². The predicted octanol–water partition coefficient (Wildman–Crippen LogP) is 10.7. The second kappa shape index (κ2) is 13.2. The van der Waals surface area contributed by atoms with E-state index in [2.05, 4.69) is 73.5 Å². The second-order valence-electron chi connectivity index (χ2n) is 13.7. The van der Waals surface area contributed by atoms with Crippen molar-refractivity contribution in [2.45, 2.75) is 70.6 Å². The molecule has 1 aliphatic heterocycles.